The molecule has 19 nitrogen and oxygen atoms in total. The maximum atomic E-state index is 12.9. The molecule has 0 aromatic carbocycles. The molecule has 4 atom stereocenters. The predicted octanol–water partition coefficient (Wildman–Crippen LogP) is 11.4. The third kappa shape index (κ3) is 52.4. The van der Waals surface area contributed by atoms with Crippen molar-refractivity contribution in [3.63, 3.8) is 0 Å². The van der Waals surface area contributed by atoms with Gasteiger partial charge in [0.2, 0.25) is 0 Å². The summed E-state index contributed by atoms with van der Waals surface area (Å²) in [5, 5.41) is -1.25. The van der Waals surface area contributed by atoms with Gasteiger partial charge in [0.15, 0.2) is 0 Å². The lowest BCUT2D eigenvalue weighted by atomic mass is 10.1. The van der Waals surface area contributed by atoms with Gasteiger partial charge in [-0.1, -0.05) is 117 Å². The summed E-state index contributed by atoms with van der Waals surface area (Å²) in [6, 6.07) is 0. The van der Waals surface area contributed by atoms with Gasteiger partial charge in [0, 0.05) is 26.2 Å². The van der Waals surface area contributed by atoms with E-state index in [-0.39, 0.29) is 123 Å². The first-order valence-corrected chi connectivity index (χ1v) is 37.2. The molecule has 0 heterocycles. The number of ether oxygens (including phenoxy) is 8. The van der Waals surface area contributed by atoms with Crippen molar-refractivity contribution in [3.05, 3.63) is 0 Å². The van der Waals surface area contributed by atoms with Gasteiger partial charge < -0.3 is 52.6 Å². The highest BCUT2D eigenvalue weighted by Crippen LogP contribution is 2.19. The second-order valence-electron chi connectivity index (χ2n) is 22.0. The molecule has 0 aromatic rings. The van der Waals surface area contributed by atoms with Crippen molar-refractivity contribution in [2.24, 2.45) is 0 Å². The summed E-state index contributed by atoms with van der Waals surface area (Å²) < 4.78 is 42.9. The third-order valence-corrected chi connectivity index (χ3v) is 18.7. The summed E-state index contributed by atoms with van der Waals surface area (Å²) in [4.78, 5) is 107. The minimum Gasteiger partial charge on any atom is -0.462 e. The van der Waals surface area contributed by atoms with Crippen LogP contribution in [0.2, 0.25) is 0 Å². The van der Waals surface area contributed by atoms with Crippen LogP contribution < -0.4 is 0 Å². The summed E-state index contributed by atoms with van der Waals surface area (Å²) in [7, 11) is 2.00. The SMILES string of the molecule is CCCCCCCCSC(C)C(=O)OCCOC(=O)CCN(CCCN(C)CCCN(CCC(=O)OCCOC(=O)C(C)SCCCCCCCC)CCC(=O)OCCOC(=O)C(C)SCCCCCCCC)CCC(=O)OCCOC(=O)C(C)SC. The van der Waals surface area contributed by atoms with Crippen LogP contribution in [-0.2, 0) is 76.3 Å². The molecule has 0 saturated heterocycles. The van der Waals surface area contributed by atoms with Gasteiger partial charge in [-0.25, -0.2) is 0 Å². The Morgan fingerprint density at radius 2 is 0.552 bits per heavy atom. The molecule has 0 spiro atoms. The Labute approximate surface area is 542 Å². The molecule has 508 valence electrons. The van der Waals surface area contributed by atoms with Crippen LogP contribution in [0.1, 0.15) is 203 Å². The molecule has 0 aliphatic carbocycles. The van der Waals surface area contributed by atoms with Crippen LogP contribution in [0.25, 0.3) is 0 Å². The molecule has 0 amide bonds. The van der Waals surface area contributed by atoms with Gasteiger partial charge in [0.25, 0.3) is 0 Å². The number of esters is 8. The highest BCUT2D eigenvalue weighted by molar-refractivity contribution is 8.01. The average Bonchev–Trinajstić information content (AvgIpc) is 3.50. The topological polar surface area (TPSA) is 220 Å². The number of nitrogens with zero attached hydrogens (tertiary/aromatic N) is 3. The molecule has 0 aliphatic heterocycles. The smallest absolute Gasteiger partial charge is 0.318 e. The molecular weight excluding hydrogens is 1190 g/mol. The summed E-state index contributed by atoms with van der Waals surface area (Å²) >= 11 is 6.09. The zero-order valence-corrected chi connectivity index (χ0v) is 58.5. The highest BCUT2D eigenvalue weighted by atomic mass is 32.2. The molecule has 0 aromatic heterocycles. The fourth-order valence-corrected chi connectivity index (χ4v) is 11.6. The third-order valence-electron chi connectivity index (χ3n) is 14.2. The number of hydrogen-bond acceptors (Lipinski definition) is 23. The molecule has 0 bridgehead atoms. The van der Waals surface area contributed by atoms with Crippen LogP contribution >= 0.6 is 47.0 Å². The van der Waals surface area contributed by atoms with E-state index in [2.05, 4.69) is 25.7 Å². The van der Waals surface area contributed by atoms with Crippen molar-refractivity contribution in [3.8, 4) is 0 Å². The number of thioether (sulfide) groups is 4. The summed E-state index contributed by atoms with van der Waals surface area (Å²) in [5.74, 6) is -0.506. The molecule has 0 N–H and O–H groups in total. The molecule has 23 heteroatoms. The first kappa shape index (κ1) is 84.0. The molecule has 0 radical (unpaired) electrons. The Morgan fingerprint density at radius 3 is 0.816 bits per heavy atom. The number of carbonyl (C=O) groups excluding carboxylic acids is 8. The fraction of sp³-hybridized carbons (Fsp3) is 0.875. The maximum Gasteiger partial charge on any atom is 0.318 e. The van der Waals surface area contributed by atoms with E-state index < -0.39 is 23.9 Å². The van der Waals surface area contributed by atoms with Crippen molar-refractivity contribution in [2.45, 2.75) is 224 Å². The van der Waals surface area contributed by atoms with E-state index in [9.17, 15) is 38.4 Å². The van der Waals surface area contributed by atoms with E-state index in [1.54, 1.807) is 42.2 Å². The van der Waals surface area contributed by atoms with E-state index in [1.165, 1.54) is 88.8 Å². The van der Waals surface area contributed by atoms with Crippen molar-refractivity contribution < 1.29 is 76.3 Å². The van der Waals surface area contributed by atoms with Crippen LogP contribution in [0.4, 0.5) is 0 Å². The first-order valence-electron chi connectivity index (χ1n) is 32.8. The van der Waals surface area contributed by atoms with Crippen molar-refractivity contribution in [1.82, 2.24) is 14.7 Å². The van der Waals surface area contributed by atoms with Crippen LogP contribution in [0.5, 0.6) is 0 Å². The van der Waals surface area contributed by atoms with E-state index in [1.807, 2.05) is 43.9 Å². The van der Waals surface area contributed by atoms with Crippen LogP contribution in [0.3, 0.4) is 0 Å². The zero-order chi connectivity index (χ0) is 64.6. The first-order chi connectivity index (χ1) is 42.0. The van der Waals surface area contributed by atoms with Gasteiger partial charge in [0.1, 0.15) is 52.9 Å². The molecule has 0 rings (SSSR count). The van der Waals surface area contributed by atoms with Crippen molar-refractivity contribution >= 4 is 94.8 Å². The quantitative estimate of drug-likeness (QED) is 0.0314. The van der Waals surface area contributed by atoms with Gasteiger partial charge in [-0.2, -0.15) is 11.8 Å². The number of unbranched alkanes of at least 4 members (excludes halogenated alkanes) is 15. The Morgan fingerprint density at radius 1 is 0.310 bits per heavy atom. The monoisotopic (exact) mass is 1310 g/mol. The van der Waals surface area contributed by atoms with E-state index >= 15 is 0 Å². The van der Waals surface area contributed by atoms with E-state index in [0.29, 0.717) is 65.2 Å². The zero-order valence-electron chi connectivity index (χ0n) is 55.2. The molecule has 87 heavy (non-hydrogen) atoms. The molecule has 0 fully saturated rings. The number of rotatable bonds is 61. The molecule has 0 aliphatic rings. The second-order valence-corrected chi connectivity index (χ2v) is 27.5. The Bertz CT molecular complexity index is 1730. The lowest BCUT2D eigenvalue weighted by molar-refractivity contribution is -0.152. The second kappa shape index (κ2) is 59.4. The normalized spacial score (nSPS) is 12.8. The Hall–Kier alpha value is -2.96. The minimum absolute atomic E-state index is 0.0338. The van der Waals surface area contributed by atoms with Gasteiger partial charge >= 0.3 is 47.8 Å². The van der Waals surface area contributed by atoms with Crippen molar-refractivity contribution in [2.75, 3.05) is 136 Å². The minimum atomic E-state index is -0.459. The Balaban J connectivity index is 5.38. The Kier molecular flexibility index (Phi) is 57.3. The lowest BCUT2D eigenvalue weighted by Gasteiger charge is -2.25. The van der Waals surface area contributed by atoms with Gasteiger partial charge in [0.05, 0.1) is 46.7 Å². The van der Waals surface area contributed by atoms with Crippen LogP contribution in [0.15, 0.2) is 0 Å². The van der Waals surface area contributed by atoms with Gasteiger partial charge in [-0.05, 0) is 117 Å². The molecule has 0 saturated carbocycles. The molecule has 4 unspecified atom stereocenters. The standard InChI is InChI=1S/C64H117N3O16S4/c1-10-13-16-19-22-25-50-85-54(5)62(73)81-47-43-77-58(69)31-39-66(38-30-57(68)76-42-46-80-61(72)53(4)84-9)36-28-34-65(8)35-29-37-67(40-32-59(70)78-44-48-82-63(74)55(6)86-51-26-23-20-17-14-11-2)41-33-60(71)79-45-49-83-64(75)56(7)87-52-27-24-21-18-15-12-3/h53-56H,10-52H2,1-9H3. The van der Waals surface area contributed by atoms with Crippen LogP contribution in [-0.4, -0.2) is 219 Å². The summed E-state index contributed by atoms with van der Waals surface area (Å²) in [6.07, 6.45) is 24.8. The maximum absolute atomic E-state index is 12.9. The van der Waals surface area contributed by atoms with Gasteiger partial charge in [-0.3, -0.25) is 38.4 Å². The van der Waals surface area contributed by atoms with Gasteiger partial charge in [-0.15, -0.1) is 35.3 Å². The predicted molar refractivity (Wildman–Crippen MR) is 355 cm³/mol. The highest BCUT2D eigenvalue weighted by Gasteiger charge is 2.20. The largest absolute Gasteiger partial charge is 0.462 e. The molecular formula is C64H117N3O16S4. The van der Waals surface area contributed by atoms with E-state index in [0.717, 1.165) is 55.8 Å². The van der Waals surface area contributed by atoms with E-state index in [4.69, 9.17) is 37.9 Å². The van der Waals surface area contributed by atoms with Crippen LogP contribution in [0, 0.1) is 0 Å². The summed E-state index contributed by atoms with van der Waals surface area (Å²) in [6.45, 7) is 17.2. The fourth-order valence-electron chi connectivity index (χ4n) is 8.59. The summed E-state index contributed by atoms with van der Waals surface area (Å²) in [5.41, 5.74) is 0. The average molecular weight is 1310 g/mol. The number of carbonyl (C=O) groups is 8. The number of hydrogen-bond donors (Lipinski definition) is 0. The van der Waals surface area contributed by atoms with Crippen molar-refractivity contribution in [1.29, 1.82) is 0 Å². The lowest BCUT2D eigenvalue weighted by Crippen LogP contribution is -2.34.